The Morgan fingerprint density at radius 1 is 1.50 bits per heavy atom. The van der Waals surface area contributed by atoms with Gasteiger partial charge in [-0.2, -0.15) is 0 Å². The van der Waals surface area contributed by atoms with E-state index in [9.17, 15) is 9.59 Å². The first kappa shape index (κ1) is 11.0. The fraction of sp³-hybridized carbons (Fsp3) is 0.273. The highest BCUT2D eigenvalue weighted by Gasteiger charge is 2.30. The topological polar surface area (TPSA) is 63.4 Å². The number of fused-ring (bicyclic) bond motifs is 1. The minimum Gasteiger partial charge on any atom is -0.368 e. The number of amides is 2. The lowest BCUT2D eigenvalue weighted by atomic mass is 10.2. The van der Waals surface area contributed by atoms with Crippen LogP contribution in [-0.4, -0.2) is 23.6 Å². The number of thioether (sulfide) groups is 1. The van der Waals surface area contributed by atoms with Crippen LogP contribution in [0.5, 0.6) is 0 Å². The molecule has 1 aromatic rings. The van der Waals surface area contributed by atoms with Crippen molar-refractivity contribution in [3.63, 3.8) is 0 Å². The molecule has 84 valence electrons. The van der Waals surface area contributed by atoms with Gasteiger partial charge < -0.3 is 10.6 Å². The Bertz CT molecular complexity index is 447. The van der Waals surface area contributed by atoms with E-state index in [1.807, 2.05) is 31.2 Å². The van der Waals surface area contributed by atoms with E-state index in [1.54, 1.807) is 0 Å². The highest BCUT2D eigenvalue weighted by atomic mass is 32.2. The molecule has 0 radical (unpaired) electrons. The zero-order chi connectivity index (χ0) is 11.7. The van der Waals surface area contributed by atoms with Crippen LogP contribution in [-0.2, 0) is 9.59 Å². The molecule has 0 spiro atoms. The predicted octanol–water partition coefficient (Wildman–Crippen LogP) is 0.999. The number of nitrogens with two attached hydrogens (primary N) is 1. The van der Waals surface area contributed by atoms with Crippen LogP contribution in [0.25, 0.3) is 0 Å². The standard InChI is InChI=1S/C11H12N2O2S/c1-7-11(15)13(6-10(12)14)8-4-2-3-5-9(8)16-7/h2-5,7H,6H2,1H3,(H2,12,14). The Morgan fingerprint density at radius 3 is 2.88 bits per heavy atom. The van der Waals surface area contributed by atoms with Crippen molar-refractivity contribution >= 4 is 29.3 Å². The van der Waals surface area contributed by atoms with E-state index in [-0.39, 0.29) is 17.7 Å². The molecule has 2 rings (SSSR count). The Kier molecular flexibility index (Phi) is 2.87. The molecule has 2 amide bonds. The smallest absolute Gasteiger partial charge is 0.240 e. The Hall–Kier alpha value is -1.49. The maximum absolute atomic E-state index is 11.9. The van der Waals surface area contributed by atoms with Crippen LogP contribution >= 0.6 is 11.8 Å². The molecule has 16 heavy (non-hydrogen) atoms. The van der Waals surface area contributed by atoms with Gasteiger partial charge in [-0.3, -0.25) is 9.59 Å². The average Bonchev–Trinajstić information content (AvgIpc) is 2.24. The molecule has 1 unspecified atom stereocenters. The molecule has 5 heteroatoms. The maximum Gasteiger partial charge on any atom is 0.240 e. The normalized spacial score (nSPS) is 19.4. The number of rotatable bonds is 2. The third-order valence-electron chi connectivity index (χ3n) is 2.39. The van der Waals surface area contributed by atoms with Crippen molar-refractivity contribution in [3.8, 4) is 0 Å². The summed E-state index contributed by atoms with van der Waals surface area (Å²) < 4.78 is 0. The van der Waals surface area contributed by atoms with Gasteiger partial charge in [0.1, 0.15) is 6.54 Å². The molecule has 0 fully saturated rings. The van der Waals surface area contributed by atoms with E-state index in [0.29, 0.717) is 0 Å². The van der Waals surface area contributed by atoms with Crippen LogP contribution in [0.2, 0.25) is 0 Å². The first-order valence-electron chi connectivity index (χ1n) is 4.95. The van der Waals surface area contributed by atoms with Gasteiger partial charge in [0.25, 0.3) is 0 Å². The molecule has 1 aliphatic rings. The molecular weight excluding hydrogens is 224 g/mol. The van der Waals surface area contributed by atoms with E-state index in [4.69, 9.17) is 5.73 Å². The zero-order valence-corrected chi connectivity index (χ0v) is 9.66. The summed E-state index contributed by atoms with van der Waals surface area (Å²) in [5.41, 5.74) is 5.92. The van der Waals surface area contributed by atoms with Gasteiger partial charge in [-0.15, -0.1) is 11.8 Å². The minimum absolute atomic E-state index is 0.0548. The fourth-order valence-electron chi connectivity index (χ4n) is 1.68. The van der Waals surface area contributed by atoms with Crippen molar-refractivity contribution in [2.45, 2.75) is 17.1 Å². The molecule has 0 aromatic heterocycles. The van der Waals surface area contributed by atoms with Crippen LogP contribution in [0, 0.1) is 0 Å². The number of para-hydroxylation sites is 1. The Morgan fingerprint density at radius 2 is 2.19 bits per heavy atom. The number of hydrogen-bond donors (Lipinski definition) is 1. The van der Waals surface area contributed by atoms with E-state index < -0.39 is 5.91 Å². The summed E-state index contributed by atoms with van der Waals surface area (Å²) in [4.78, 5) is 25.3. The van der Waals surface area contributed by atoms with Crippen molar-refractivity contribution in [2.75, 3.05) is 11.4 Å². The summed E-state index contributed by atoms with van der Waals surface area (Å²) in [5.74, 6) is -0.565. The summed E-state index contributed by atoms with van der Waals surface area (Å²) in [6, 6.07) is 7.53. The molecule has 1 aliphatic heterocycles. The third kappa shape index (κ3) is 1.90. The monoisotopic (exact) mass is 236 g/mol. The number of nitrogens with zero attached hydrogens (tertiary/aromatic N) is 1. The van der Waals surface area contributed by atoms with Gasteiger partial charge in [0.05, 0.1) is 10.9 Å². The summed E-state index contributed by atoms with van der Waals surface area (Å²) in [6.07, 6.45) is 0. The quantitative estimate of drug-likeness (QED) is 0.833. The first-order valence-corrected chi connectivity index (χ1v) is 5.83. The van der Waals surface area contributed by atoms with Crippen molar-refractivity contribution in [3.05, 3.63) is 24.3 Å². The number of benzene rings is 1. The van der Waals surface area contributed by atoms with Gasteiger partial charge in [0.15, 0.2) is 0 Å². The predicted molar refractivity (Wildman–Crippen MR) is 63.3 cm³/mol. The highest BCUT2D eigenvalue weighted by molar-refractivity contribution is 8.00. The molecule has 4 nitrogen and oxygen atoms in total. The van der Waals surface area contributed by atoms with Crippen LogP contribution in [0.3, 0.4) is 0 Å². The molecule has 0 bridgehead atoms. The molecule has 1 atom stereocenters. The minimum atomic E-state index is -0.498. The van der Waals surface area contributed by atoms with Gasteiger partial charge in [0.2, 0.25) is 11.8 Å². The van der Waals surface area contributed by atoms with E-state index >= 15 is 0 Å². The van der Waals surface area contributed by atoms with E-state index in [0.717, 1.165) is 10.6 Å². The van der Waals surface area contributed by atoms with Gasteiger partial charge in [-0.05, 0) is 19.1 Å². The summed E-state index contributed by atoms with van der Waals surface area (Å²) in [5, 5.41) is -0.172. The third-order valence-corrected chi connectivity index (χ3v) is 3.54. The lowest BCUT2D eigenvalue weighted by molar-refractivity contribution is -0.122. The maximum atomic E-state index is 11.9. The van der Waals surface area contributed by atoms with Crippen LogP contribution in [0.15, 0.2) is 29.2 Å². The molecule has 1 aromatic carbocycles. The Balaban J connectivity index is 2.41. The van der Waals surface area contributed by atoms with Gasteiger partial charge in [-0.25, -0.2) is 0 Å². The van der Waals surface area contributed by atoms with Crippen molar-refractivity contribution in [2.24, 2.45) is 5.73 Å². The summed E-state index contributed by atoms with van der Waals surface area (Å²) in [6.45, 7) is 1.78. The molecular formula is C11H12N2O2S. The number of carbonyl (C=O) groups is 2. The van der Waals surface area contributed by atoms with Crippen LogP contribution < -0.4 is 10.6 Å². The van der Waals surface area contributed by atoms with Gasteiger partial charge in [-0.1, -0.05) is 12.1 Å². The SMILES string of the molecule is CC1Sc2ccccc2N(CC(N)=O)C1=O. The van der Waals surface area contributed by atoms with Crippen molar-refractivity contribution in [1.29, 1.82) is 0 Å². The molecule has 0 saturated heterocycles. The number of hydrogen-bond acceptors (Lipinski definition) is 3. The summed E-state index contributed by atoms with van der Waals surface area (Å²) >= 11 is 1.51. The fourth-order valence-corrected chi connectivity index (χ4v) is 2.74. The lowest BCUT2D eigenvalue weighted by Gasteiger charge is -2.31. The number of anilines is 1. The van der Waals surface area contributed by atoms with Gasteiger partial charge in [0, 0.05) is 4.90 Å². The van der Waals surface area contributed by atoms with E-state index in [1.165, 1.54) is 16.7 Å². The number of carbonyl (C=O) groups excluding carboxylic acids is 2. The van der Waals surface area contributed by atoms with Crippen LogP contribution in [0.1, 0.15) is 6.92 Å². The lowest BCUT2D eigenvalue weighted by Crippen LogP contribution is -2.44. The highest BCUT2D eigenvalue weighted by Crippen LogP contribution is 2.38. The summed E-state index contributed by atoms with van der Waals surface area (Å²) in [7, 11) is 0. The molecule has 1 heterocycles. The number of primary amides is 1. The second-order valence-electron chi connectivity index (χ2n) is 3.62. The largest absolute Gasteiger partial charge is 0.368 e. The Labute approximate surface area is 97.8 Å². The first-order chi connectivity index (χ1) is 7.59. The van der Waals surface area contributed by atoms with Crippen LogP contribution in [0.4, 0.5) is 5.69 Å². The second kappa shape index (κ2) is 4.17. The van der Waals surface area contributed by atoms with Crippen molar-refractivity contribution < 1.29 is 9.59 Å². The molecule has 0 aliphatic carbocycles. The molecule has 0 saturated carbocycles. The zero-order valence-electron chi connectivity index (χ0n) is 8.84. The van der Waals surface area contributed by atoms with Gasteiger partial charge >= 0.3 is 0 Å². The van der Waals surface area contributed by atoms with Crippen molar-refractivity contribution in [1.82, 2.24) is 0 Å². The average molecular weight is 236 g/mol. The van der Waals surface area contributed by atoms with E-state index in [2.05, 4.69) is 0 Å². The molecule has 2 N–H and O–H groups in total. The second-order valence-corrected chi connectivity index (χ2v) is 5.00.